The van der Waals surface area contributed by atoms with E-state index in [2.05, 4.69) is 6.92 Å². The Bertz CT molecular complexity index is 156. The monoisotopic (exact) mass is 262 g/mol. The van der Waals surface area contributed by atoms with Gasteiger partial charge in [-0.05, 0) is 0 Å². The predicted molar refractivity (Wildman–Crippen MR) is 67.4 cm³/mol. The van der Waals surface area contributed by atoms with Gasteiger partial charge >= 0.3 is 97.7 Å². The molecule has 0 fully saturated rings. The fourth-order valence-corrected chi connectivity index (χ4v) is 1.88. The molecule has 3 N–H and O–H groups in total. The van der Waals surface area contributed by atoms with Crippen molar-refractivity contribution in [3.63, 3.8) is 0 Å². The summed E-state index contributed by atoms with van der Waals surface area (Å²) in [5, 5.41) is 0. The molecule has 0 rings (SSSR count). The second kappa shape index (κ2) is 14.2. The number of hydrogen-bond acceptors (Lipinski definition) is 1. The van der Waals surface area contributed by atoms with Gasteiger partial charge in [-0.15, -0.1) is 0 Å². The molecule has 0 amide bonds. The molecular formula is C10H24NaO4P. The van der Waals surface area contributed by atoms with Crippen molar-refractivity contribution in [2.75, 3.05) is 0 Å². The Morgan fingerprint density at radius 2 is 1.19 bits per heavy atom. The minimum Gasteiger partial charge on any atom is -0.303 e. The summed E-state index contributed by atoms with van der Waals surface area (Å²) < 4.78 is 10.4. The summed E-state index contributed by atoms with van der Waals surface area (Å²) in [6.45, 7) is 2.28. The van der Waals surface area contributed by atoms with Crippen LogP contribution in [-0.4, -0.2) is 42.6 Å². The normalized spacial score (nSPS) is 10.9. The fraction of sp³-hybridized carbons (Fsp3) is 1.00. The number of unbranched alkanes of at least 4 members (excludes halogenated alkanes) is 7. The fourth-order valence-electron chi connectivity index (χ4n) is 1.38. The van der Waals surface area contributed by atoms with E-state index in [9.17, 15) is 0 Å². The molecule has 0 saturated heterocycles. The van der Waals surface area contributed by atoms with E-state index in [0.717, 1.165) is 0 Å². The first kappa shape index (κ1) is 19.4. The number of rotatable bonds is 8. The zero-order valence-electron chi connectivity index (χ0n) is 10.6. The molecular weight excluding hydrogens is 238 g/mol. The minimum absolute atomic E-state index is 1.38. The van der Waals surface area contributed by atoms with Crippen LogP contribution in [-0.2, 0) is 4.57 Å². The second-order valence-electron chi connectivity index (χ2n) is 3.99. The van der Waals surface area contributed by atoms with Crippen LogP contribution in [0.3, 0.4) is 0 Å². The Hall–Kier alpha value is 1.11. The van der Waals surface area contributed by atoms with Crippen molar-refractivity contribution >= 4 is 35.8 Å². The van der Waals surface area contributed by atoms with Crippen LogP contribution >= 0.6 is 7.82 Å². The van der Waals surface area contributed by atoms with Crippen LogP contribution in [0.5, 0.6) is 0 Å². The summed E-state index contributed by atoms with van der Waals surface area (Å²) in [7, 11) is -4.64. The molecule has 0 atom stereocenters. The molecule has 0 radical (unpaired) electrons. The van der Waals surface area contributed by atoms with Crippen molar-refractivity contribution in [3.8, 4) is 0 Å². The van der Waals surface area contributed by atoms with Crippen LogP contribution in [0.2, 0.25) is 3.67 Å². The van der Waals surface area contributed by atoms with E-state index < -0.39 is 7.82 Å². The standard InChI is InChI=1S/C10H21.Na.H3O4P/c1-3-5-7-9-10-8-6-4-2;;1-5(2,3)4/h1,3-10H2,2H3;;(H3,1,2,3,4). The summed E-state index contributed by atoms with van der Waals surface area (Å²) >= 11 is 1.41. The van der Waals surface area contributed by atoms with Gasteiger partial charge in [-0.1, -0.05) is 0 Å². The SMILES string of the molecule is CCCCCCCCC[CH2][Na].O=P(O)(O)O. The van der Waals surface area contributed by atoms with Gasteiger partial charge in [0.1, 0.15) is 0 Å². The van der Waals surface area contributed by atoms with Crippen LogP contribution in [0.1, 0.15) is 58.3 Å². The van der Waals surface area contributed by atoms with Crippen LogP contribution in [0.15, 0.2) is 0 Å². The molecule has 0 aromatic heterocycles. The van der Waals surface area contributed by atoms with Gasteiger partial charge in [0.25, 0.3) is 0 Å². The van der Waals surface area contributed by atoms with E-state index in [1.165, 1.54) is 83.0 Å². The number of hydrogen-bond donors (Lipinski definition) is 3. The number of phosphoric acid groups is 1. The Labute approximate surface area is 116 Å². The molecule has 94 valence electrons. The molecule has 0 aliphatic carbocycles. The van der Waals surface area contributed by atoms with Gasteiger partial charge in [0.15, 0.2) is 0 Å². The maximum Gasteiger partial charge on any atom is 0.466 e. The molecule has 6 heteroatoms. The van der Waals surface area contributed by atoms with Crippen molar-refractivity contribution in [2.45, 2.75) is 62.0 Å². The Kier molecular flexibility index (Phi) is 17.2. The maximum atomic E-state index is 8.88. The smallest absolute Gasteiger partial charge is 0.303 e. The van der Waals surface area contributed by atoms with Crippen molar-refractivity contribution in [2.24, 2.45) is 0 Å². The average Bonchev–Trinajstić information content (AvgIpc) is 2.14. The molecule has 0 spiro atoms. The molecule has 0 aromatic carbocycles. The molecule has 16 heavy (non-hydrogen) atoms. The largest absolute Gasteiger partial charge is 0.466 e. The minimum atomic E-state index is -4.64. The predicted octanol–water partition coefficient (Wildman–Crippen LogP) is 2.79. The average molecular weight is 262 g/mol. The van der Waals surface area contributed by atoms with E-state index in [0.29, 0.717) is 0 Å². The Morgan fingerprint density at radius 3 is 1.50 bits per heavy atom. The summed E-state index contributed by atoms with van der Waals surface area (Å²) in [6.07, 6.45) is 11.7. The van der Waals surface area contributed by atoms with Gasteiger partial charge in [0.05, 0.1) is 0 Å². The van der Waals surface area contributed by atoms with Gasteiger partial charge in [-0.2, -0.15) is 0 Å². The van der Waals surface area contributed by atoms with E-state index in [-0.39, 0.29) is 0 Å². The van der Waals surface area contributed by atoms with Crippen LogP contribution < -0.4 is 0 Å². The quantitative estimate of drug-likeness (QED) is 0.357. The molecule has 0 aliphatic heterocycles. The van der Waals surface area contributed by atoms with Gasteiger partial charge in [-0.25, -0.2) is 4.57 Å². The van der Waals surface area contributed by atoms with Crippen molar-refractivity contribution < 1.29 is 19.2 Å². The van der Waals surface area contributed by atoms with Crippen LogP contribution in [0.25, 0.3) is 0 Å². The third-order valence-electron chi connectivity index (χ3n) is 2.21. The zero-order chi connectivity index (χ0) is 12.9. The first-order chi connectivity index (χ1) is 7.41. The topological polar surface area (TPSA) is 77.8 Å². The van der Waals surface area contributed by atoms with E-state index in [4.69, 9.17) is 19.2 Å². The summed E-state index contributed by atoms with van der Waals surface area (Å²) in [5.41, 5.74) is 0. The molecule has 0 aromatic rings. The summed E-state index contributed by atoms with van der Waals surface area (Å²) in [5.74, 6) is 0. The van der Waals surface area contributed by atoms with Crippen molar-refractivity contribution in [1.82, 2.24) is 0 Å². The first-order valence-corrected chi connectivity index (χ1v) is 9.18. The third-order valence-corrected chi connectivity index (χ3v) is 2.91. The van der Waals surface area contributed by atoms with Crippen molar-refractivity contribution in [1.29, 1.82) is 0 Å². The molecule has 0 saturated carbocycles. The Morgan fingerprint density at radius 1 is 0.875 bits per heavy atom. The van der Waals surface area contributed by atoms with Crippen molar-refractivity contribution in [3.05, 3.63) is 0 Å². The van der Waals surface area contributed by atoms with E-state index in [1.54, 1.807) is 0 Å². The van der Waals surface area contributed by atoms with Gasteiger partial charge in [0.2, 0.25) is 0 Å². The van der Waals surface area contributed by atoms with Gasteiger partial charge in [0, 0.05) is 0 Å². The molecule has 0 unspecified atom stereocenters. The second-order valence-corrected chi connectivity index (χ2v) is 6.01. The van der Waals surface area contributed by atoms with E-state index in [1.807, 2.05) is 0 Å². The molecule has 0 bridgehead atoms. The molecule has 0 aliphatic rings. The first-order valence-electron chi connectivity index (χ1n) is 6.20. The summed E-state index contributed by atoms with van der Waals surface area (Å²) in [4.78, 5) is 21.6. The summed E-state index contributed by atoms with van der Waals surface area (Å²) in [6, 6.07) is 0. The molecule has 0 heterocycles. The van der Waals surface area contributed by atoms with Crippen LogP contribution in [0.4, 0.5) is 0 Å². The zero-order valence-corrected chi connectivity index (χ0v) is 13.5. The van der Waals surface area contributed by atoms with E-state index >= 15 is 0 Å². The third kappa shape index (κ3) is 36.2. The van der Waals surface area contributed by atoms with Gasteiger partial charge in [-0.3, -0.25) is 0 Å². The van der Waals surface area contributed by atoms with Gasteiger partial charge < -0.3 is 14.7 Å². The molecule has 4 nitrogen and oxygen atoms in total. The Balaban J connectivity index is 0. The maximum absolute atomic E-state index is 8.88. The van der Waals surface area contributed by atoms with Crippen LogP contribution in [0, 0.1) is 0 Å².